The minimum atomic E-state index is 0.224. The van der Waals surface area contributed by atoms with Crippen molar-refractivity contribution >= 4 is 0 Å². The molecule has 2 N–H and O–H groups in total. The van der Waals surface area contributed by atoms with E-state index in [2.05, 4.69) is 23.6 Å². The van der Waals surface area contributed by atoms with E-state index in [1.54, 1.807) is 0 Å². The van der Waals surface area contributed by atoms with Crippen molar-refractivity contribution in [3.05, 3.63) is 0 Å². The minimum absolute atomic E-state index is 0.224. The molecule has 0 atom stereocenters. The molecule has 2 saturated heterocycles. The van der Waals surface area contributed by atoms with Crippen LogP contribution in [0.5, 0.6) is 0 Å². The lowest BCUT2D eigenvalue weighted by molar-refractivity contribution is -0.0434. The first kappa shape index (κ1) is 14.3. The minimum Gasteiger partial charge on any atom is -0.381 e. The fraction of sp³-hybridized carbons (Fsp3) is 1.00. The van der Waals surface area contributed by atoms with E-state index < -0.39 is 0 Å². The van der Waals surface area contributed by atoms with Crippen LogP contribution >= 0.6 is 0 Å². The quantitative estimate of drug-likeness (QED) is 0.805. The van der Waals surface area contributed by atoms with Gasteiger partial charge in [-0.1, -0.05) is 13.8 Å². The molecule has 0 amide bonds. The lowest BCUT2D eigenvalue weighted by Crippen LogP contribution is -2.62. The van der Waals surface area contributed by atoms with Crippen molar-refractivity contribution in [2.24, 2.45) is 11.7 Å². The Morgan fingerprint density at radius 3 is 2.22 bits per heavy atom. The predicted octanol–water partition coefficient (Wildman–Crippen LogP) is 0.768. The van der Waals surface area contributed by atoms with Crippen LogP contribution in [0.1, 0.15) is 26.7 Å². The van der Waals surface area contributed by atoms with Gasteiger partial charge in [0, 0.05) is 58.0 Å². The molecule has 2 aliphatic heterocycles. The van der Waals surface area contributed by atoms with Gasteiger partial charge in [0.15, 0.2) is 0 Å². The van der Waals surface area contributed by atoms with Gasteiger partial charge in [-0.2, -0.15) is 0 Å². The third-order valence-electron chi connectivity index (χ3n) is 4.47. The Hall–Kier alpha value is -0.160. The molecular weight excluding hydrogens is 226 g/mol. The summed E-state index contributed by atoms with van der Waals surface area (Å²) >= 11 is 0. The smallest absolute Gasteiger partial charge is 0.0484 e. The Kier molecular flexibility index (Phi) is 5.01. The summed E-state index contributed by atoms with van der Waals surface area (Å²) in [4.78, 5) is 5.22. The van der Waals surface area contributed by atoms with Gasteiger partial charge in [0.25, 0.3) is 0 Å². The zero-order valence-electron chi connectivity index (χ0n) is 12.0. The lowest BCUT2D eigenvalue weighted by Gasteiger charge is -2.49. The zero-order valence-corrected chi connectivity index (χ0v) is 12.0. The van der Waals surface area contributed by atoms with Crippen LogP contribution in [0.3, 0.4) is 0 Å². The molecule has 106 valence electrons. The summed E-state index contributed by atoms with van der Waals surface area (Å²) in [5.41, 5.74) is 6.30. The maximum Gasteiger partial charge on any atom is 0.0484 e. The predicted molar refractivity (Wildman–Crippen MR) is 74.7 cm³/mol. The number of hydrogen-bond acceptors (Lipinski definition) is 4. The second-order valence-corrected chi connectivity index (χ2v) is 6.22. The number of nitrogens with zero attached hydrogens (tertiary/aromatic N) is 2. The maximum atomic E-state index is 6.07. The van der Waals surface area contributed by atoms with E-state index in [4.69, 9.17) is 10.5 Å². The van der Waals surface area contributed by atoms with Gasteiger partial charge < -0.3 is 15.4 Å². The molecule has 2 heterocycles. The van der Waals surface area contributed by atoms with Crippen molar-refractivity contribution in [1.29, 1.82) is 0 Å². The summed E-state index contributed by atoms with van der Waals surface area (Å²) in [5.74, 6) is 0.767. The number of hydrogen-bond donors (Lipinski definition) is 1. The topological polar surface area (TPSA) is 41.7 Å². The Morgan fingerprint density at radius 1 is 1.11 bits per heavy atom. The third-order valence-corrected chi connectivity index (χ3v) is 4.47. The summed E-state index contributed by atoms with van der Waals surface area (Å²) in [6.45, 7) is 13.1. The van der Waals surface area contributed by atoms with Crippen LogP contribution < -0.4 is 5.73 Å². The fourth-order valence-electron chi connectivity index (χ4n) is 3.32. The van der Waals surface area contributed by atoms with Crippen molar-refractivity contribution in [2.45, 2.75) is 32.2 Å². The second kappa shape index (κ2) is 6.33. The normalized spacial score (nSPS) is 26.7. The highest BCUT2D eigenvalue weighted by atomic mass is 16.5. The summed E-state index contributed by atoms with van der Waals surface area (Å²) in [6, 6.07) is 0. The Bertz CT molecular complexity index is 243. The highest BCUT2D eigenvalue weighted by Crippen LogP contribution is 2.28. The SMILES string of the molecule is CC(C)CN1CCN(C2(CN)CCOCC2)CC1. The van der Waals surface area contributed by atoms with E-state index >= 15 is 0 Å². The summed E-state index contributed by atoms with van der Waals surface area (Å²) in [5, 5.41) is 0. The maximum absolute atomic E-state index is 6.07. The third kappa shape index (κ3) is 3.23. The molecule has 0 bridgehead atoms. The standard InChI is InChI=1S/C14H29N3O/c1-13(2)11-16-5-7-17(8-6-16)14(12-15)3-9-18-10-4-14/h13H,3-12,15H2,1-2H3. The Balaban J connectivity index is 1.87. The molecule has 0 radical (unpaired) electrons. The number of rotatable bonds is 4. The number of piperazine rings is 1. The summed E-state index contributed by atoms with van der Waals surface area (Å²) in [7, 11) is 0. The van der Waals surface area contributed by atoms with Gasteiger partial charge >= 0.3 is 0 Å². The molecule has 0 spiro atoms. The van der Waals surface area contributed by atoms with E-state index in [1.807, 2.05) is 0 Å². The van der Waals surface area contributed by atoms with Gasteiger partial charge in [-0.3, -0.25) is 4.90 Å². The van der Waals surface area contributed by atoms with E-state index in [0.29, 0.717) is 0 Å². The first-order valence-corrected chi connectivity index (χ1v) is 7.41. The van der Waals surface area contributed by atoms with E-state index in [0.717, 1.165) is 38.5 Å². The van der Waals surface area contributed by atoms with Crippen LogP contribution in [0.15, 0.2) is 0 Å². The molecule has 2 fully saturated rings. The average molecular weight is 255 g/mol. The molecule has 2 aliphatic rings. The van der Waals surface area contributed by atoms with Crippen LogP contribution in [-0.4, -0.2) is 67.8 Å². The first-order valence-electron chi connectivity index (χ1n) is 7.41. The largest absolute Gasteiger partial charge is 0.381 e. The van der Waals surface area contributed by atoms with Crippen molar-refractivity contribution in [3.8, 4) is 0 Å². The molecule has 2 rings (SSSR count). The molecule has 0 aromatic rings. The van der Waals surface area contributed by atoms with Crippen LogP contribution in [-0.2, 0) is 4.74 Å². The van der Waals surface area contributed by atoms with Crippen LogP contribution in [0.4, 0.5) is 0 Å². The first-order chi connectivity index (χ1) is 8.66. The van der Waals surface area contributed by atoms with Gasteiger partial charge in [-0.15, -0.1) is 0 Å². The van der Waals surface area contributed by atoms with Crippen molar-refractivity contribution in [1.82, 2.24) is 9.80 Å². The Labute approximate surface area is 111 Å². The second-order valence-electron chi connectivity index (χ2n) is 6.22. The molecule has 4 nitrogen and oxygen atoms in total. The fourth-order valence-corrected chi connectivity index (χ4v) is 3.32. The van der Waals surface area contributed by atoms with E-state index in [-0.39, 0.29) is 5.54 Å². The van der Waals surface area contributed by atoms with Gasteiger partial charge in [0.1, 0.15) is 0 Å². The van der Waals surface area contributed by atoms with E-state index in [9.17, 15) is 0 Å². The molecule has 0 aromatic heterocycles. The highest BCUT2D eigenvalue weighted by Gasteiger charge is 2.38. The Morgan fingerprint density at radius 2 is 1.72 bits per heavy atom. The van der Waals surface area contributed by atoms with Gasteiger partial charge in [-0.05, 0) is 18.8 Å². The molecule has 18 heavy (non-hydrogen) atoms. The van der Waals surface area contributed by atoms with Crippen LogP contribution in [0, 0.1) is 5.92 Å². The van der Waals surface area contributed by atoms with E-state index in [1.165, 1.54) is 32.7 Å². The summed E-state index contributed by atoms with van der Waals surface area (Å²) in [6.07, 6.45) is 2.21. The van der Waals surface area contributed by atoms with Gasteiger partial charge in [0.2, 0.25) is 0 Å². The van der Waals surface area contributed by atoms with Crippen molar-refractivity contribution in [3.63, 3.8) is 0 Å². The monoisotopic (exact) mass is 255 g/mol. The zero-order chi connectivity index (χ0) is 13.0. The average Bonchev–Trinajstić information content (AvgIpc) is 2.39. The van der Waals surface area contributed by atoms with Crippen LogP contribution in [0.2, 0.25) is 0 Å². The van der Waals surface area contributed by atoms with Crippen molar-refractivity contribution < 1.29 is 4.74 Å². The molecular formula is C14H29N3O. The van der Waals surface area contributed by atoms with Crippen LogP contribution in [0.25, 0.3) is 0 Å². The number of nitrogens with two attached hydrogens (primary N) is 1. The van der Waals surface area contributed by atoms with Gasteiger partial charge in [0.05, 0.1) is 0 Å². The molecule has 0 saturated carbocycles. The van der Waals surface area contributed by atoms with Gasteiger partial charge in [-0.25, -0.2) is 0 Å². The molecule has 4 heteroatoms. The number of ether oxygens (including phenoxy) is 1. The lowest BCUT2D eigenvalue weighted by atomic mass is 9.87. The molecule has 0 aliphatic carbocycles. The van der Waals surface area contributed by atoms with Crippen molar-refractivity contribution in [2.75, 3.05) is 52.5 Å². The molecule has 0 unspecified atom stereocenters. The molecule has 0 aromatic carbocycles. The highest BCUT2D eigenvalue weighted by molar-refractivity contribution is 4.95. The summed E-state index contributed by atoms with van der Waals surface area (Å²) < 4.78 is 5.50.